The summed E-state index contributed by atoms with van der Waals surface area (Å²) in [5.41, 5.74) is 0.104. The normalized spacial score (nSPS) is 9.95. The molecule has 19 heavy (non-hydrogen) atoms. The highest BCUT2D eigenvalue weighted by molar-refractivity contribution is 6.68. The highest BCUT2D eigenvalue weighted by Gasteiger charge is 2.16. The number of phenols is 1. The summed E-state index contributed by atoms with van der Waals surface area (Å²) in [6, 6.07) is 12.1. The summed E-state index contributed by atoms with van der Waals surface area (Å²) in [7, 11) is 0. The molecule has 1 N–H and O–H groups in total. The van der Waals surface area contributed by atoms with Crippen LogP contribution in [0.5, 0.6) is 11.5 Å². The van der Waals surface area contributed by atoms with E-state index in [0.717, 1.165) is 0 Å². The molecule has 0 aliphatic carbocycles. The van der Waals surface area contributed by atoms with Gasteiger partial charge >= 0.3 is 5.97 Å². The third-order valence-electron chi connectivity index (χ3n) is 2.43. The van der Waals surface area contributed by atoms with Crippen LogP contribution in [-0.4, -0.2) is 16.3 Å². The molecule has 96 valence electrons. The summed E-state index contributed by atoms with van der Waals surface area (Å²) < 4.78 is 5.07. The summed E-state index contributed by atoms with van der Waals surface area (Å²) in [5.74, 6) is -0.901. The highest BCUT2D eigenvalue weighted by Crippen LogP contribution is 2.23. The summed E-state index contributed by atoms with van der Waals surface area (Å²) in [6.45, 7) is 0. The van der Waals surface area contributed by atoms with Crippen LogP contribution in [0.2, 0.25) is 0 Å². The highest BCUT2D eigenvalue weighted by atomic mass is 35.5. The molecule has 0 bridgehead atoms. The molecule has 0 saturated heterocycles. The van der Waals surface area contributed by atoms with E-state index >= 15 is 0 Å². The maximum absolute atomic E-state index is 11.9. The monoisotopic (exact) mass is 276 g/mol. The molecular formula is C14H9ClO4. The Morgan fingerprint density at radius 3 is 2.16 bits per heavy atom. The zero-order valence-corrected chi connectivity index (χ0v) is 10.4. The van der Waals surface area contributed by atoms with Gasteiger partial charge in [0.1, 0.15) is 17.1 Å². The number of phenolic OH excluding ortho intramolecular Hbond substituents is 1. The molecular weight excluding hydrogens is 268 g/mol. The topological polar surface area (TPSA) is 63.6 Å². The van der Waals surface area contributed by atoms with Crippen molar-refractivity contribution in [3.8, 4) is 11.5 Å². The maximum atomic E-state index is 11.9. The Hall–Kier alpha value is -2.33. The van der Waals surface area contributed by atoms with Gasteiger partial charge in [-0.2, -0.15) is 0 Å². The number of aromatic hydroxyl groups is 1. The van der Waals surface area contributed by atoms with E-state index in [4.69, 9.17) is 16.3 Å². The largest absolute Gasteiger partial charge is 0.507 e. The number of esters is 1. The molecule has 0 aromatic heterocycles. The van der Waals surface area contributed by atoms with Gasteiger partial charge in [0, 0.05) is 0 Å². The minimum Gasteiger partial charge on any atom is -0.507 e. The molecule has 0 saturated carbocycles. The first-order valence-electron chi connectivity index (χ1n) is 5.38. The zero-order chi connectivity index (χ0) is 13.8. The van der Waals surface area contributed by atoms with Crippen molar-refractivity contribution >= 4 is 22.8 Å². The van der Waals surface area contributed by atoms with Gasteiger partial charge in [-0.15, -0.1) is 0 Å². The molecule has 0 amide bonds. The Morgan fingerprint density at radius 1 is 0.947 bits per heavy atom. The van der Waals surface area contributed by atoms with E-state index in [1.54, 1.807) is 24.3 Å². The van der Waals surface area contributed by atoms with E-state index in [2.05, 4.69) is 0 Å². The van der Waals surface area contributed by atoms with Crippen molar-refractivity contribution in [2.45, 2.75) is 0 Å². The van der Waals surface area contributed by atoms with E-state index in [1.165, 1.54) is 24.3 Å². The molecule has 0 heterocycles. The van der Waals surface area contributed by atoms with Crippen molar-refractivity contribution in [1.82, 2.24) is 0 Å². The van der Waals surface area contributed by atoms with Gasteiger partial charge in [-0.05, 0) is 35.9 Å². The molecule has 5 heteroatoms. The molecule has 0 spiro atoms. The van der Waals surface area contributed by atoms with Gasteiger partial charge in [0.25, 0.3) is 5.24 Å². The fraction of sp³-hybridized carbons (Fsp3) is 0. The quantitative estimate of drug-likeness (QED) is 0.532. The third kappa shape index (κ3) is 2.92. The minimum absolute atomic E-state index is 0.0133. The van der Waals surface area contributed by atoms with Crippen molar-refractivity contribution < 1.29 is 19.4 Å². The first-order valence-corrected chi connectivity index (χ1v) is 5.76. The van der Waals surface area contributed by atoms with Crippen LogP contribution in [-0.2, 0) is 0 Å². The van der Waals surface area contributed by atoms with Crippen molar-refractivity contribution in [2.75, 3.05) is 0 Å². The van der Waals surface area contributed by atoms with Crippen LogP contribution in [0.3, 0.4) is 0 Å². The standard InChI is InChI=1S/C14H9ClO4/c15-13(17)10-6-2-4-8-12(10)19-14(18)9-5-1-3-7-11(9)16/h1-8,16H. The zero-order valence-electron chi connectivity index (χ0n) is 9.67. The predicted octanol–water partition coefficient (Wildman–Crippen LogP) is 2.99. The Bertz CT molecular complexity index is 637. The van der Waals surface area contributed by atoms with Crippen LogP contribution >= 0.6 is 11.6 Å². The average molecular weight is 277 g/mol. The Labute approximate surface area is 114 Å². The van der Waals surface area contributed by atoms with Crippen molar-refractivity contribution in [3.05, 3.63) is 59.7 Å². The van der Waals surface area contributed by atoms with Crippen LogP contribution in [0.15, 0.2) is 48.5 Å². The molecule has 0 radical (unpaired) electrons. The number of para-hydroxylation sites is 2. The van der Waals surface area contributed by atoms with Crippen LogP contribution in [0.1, 0.15) is 20.7 Å². The van der Waals surface area contributed by atoms with Gasteiger partial charge in [-0.1, -0.05) is 24.3 Å². The molecule has 0 unspecified atom stereocenters. The van der Waals surface area contributed by atoms with E-state index in [-0.39, 0.29) is 22.6 Å². The van der Waals surface area contributed by atoms with Gasteiger partial charge in [-0.3, -0.25) is 4.79 Å². The first kappa shape index (κ1) is 13.1. The van der Waals surface area contributed by atoms with Gasteiger partial charge in [0.15, 0.2) is 0 Å². The number of halogens is 1. The lowest BCUT2D eigenvalue weighted by Gasteiger charge is -2.08. The fourth-order valence-electron chi connectivity index (χ4n) is 1.52. The summed E-state index contributed by atoms with van der Waals surface area (Å²) in [5, 5.41) is 8.82. The predicted molar refractivity (Wildman–Crippen MR) is 69.7 cm³/mol. The molecule has 0 atom stereocenters. The van der Waals surface area contributed by atoms with Gasteiger partial charge in [0.05, 0.1) is 5.56 Å². The maximum Gasteiger partial charge on any atom is 0.347 e. The van der Waals surface area contributed by atoms with Crippen LogP contribution in [0.25, 0.3) is 0 Å². The number of rotatable bonds is 3. The average Bonchev–Trinajstić information content (AvgIpc) is 2.39. The molecule has 2 aromatic rings. The van der Waals surface area contributed by atoms with Gasteiger partial charge < -0.3 is 9.84 Å². The Balaban J connectivity index is 2.30. The van der Waals surface area contributed by atoms with Gasteiger partial charge in [-0.25, -0.2) is 4.79 Å². The van der Waals surface area contributed by atoms with Crippen molar-refractivity contribution in [2.24, 2.45) is 0 Å². The summed E-state index contributed by atoms with van der Waals surface area (Å²) in [4.78, 5) is 23.0. The van der Waals surface area contributed by atoms with E-state index in [0.29, 0.717) is 0 Å². The number of benzene rings is 2. The fourth-order valence-corrected chi connectivity index (χ4v) is 1.68. The van der Waals surface area contributed by atoms with Crippen LogP contribution in [0.4, 0.5) is 0 Å². The molecule has 4 nitrogen and oxygen atoms in total. The summed E-state index contributed by atoms with van der Waals surface area (Å²) >= 11 is 5.39. The summed E-state index contributed by atoms with van der Waals surface area (Å²) in [6.07, 6.45) is 0. The molecule has 2 aromatic carbocycles. The molecule has 2 rings (SSSR count). The van der Waals surface area contributed by atoms with Crippen LogP contribution in [0, 0.1) is 0 Å². The lowest BCUT2D eigenvalue weighted by atomic mass is 10.2. The van der Waals surface area contributed by atoms with E-state index in [9.17, 15) is 14.7 Å². The van der Waals surface area contributed by atoms with Crippen molar-refractivity contribution in [1.29, 1.82) is 0 Å². The molecule has 0 fully saturated rings. The lowest BCUT2D eigenvalue weighted by molar-refractivity contribution is 0.0730. The molecule has 0 aliphatic heterocycles. The number of carbonyl (C=O) groups is 2. The third-order valence-corrected chi connectivity index (χ3v) is 2.63. The molecule has 0 aliphatic rings. The van der Waals surface area contributed by atoms with Crippen molar-refractivity contribution in [3.63, 3.8) is 0 Å². The van der Waals surface area contributed by atoms with Gasteiger partial charge in [0.2, 0.25) is 0 Å². The number of hydrogen-bond donors (Lipinski definition) is 1. The second-order valence-corrected chi connectivity index (χ2v) is 4.02. The smallest absolute Gasteiger partial charge is 0.347 e. The second-order valence-electron chi connectivity index (χ2n) is 3.68. The van der Waals surface area contributed by atoms with E-state index < -0.39 is 11.2 Å². The SMILES string of the molecule is O=C(Oc1ccccc1C(=O)Cl)c1ccccc1O. The number of carbonyl (C=O) groups excluding carboxylic acids is 2. The Morgan fingerprint density at radius 2 is 1.53 bits per heavy atom. The second kappa shape index (κ2) is 5.54. The lowest BCUT2D eigenvalue weighted by Crippen LogP contribution is -2.10. The minimum atomic E-state index is -0.761. The first-order chi connectivity index (χ1) is 9.09. The number of hydrogen-bond acceptors (Lipinski definition) is 4. The Kier molecular flexibility index (Phi) is 3.82. The number of ether oxygens (including phenoxy) is 1. The van der Waals surface area contributed by atoms with E-state index in [1.807, 2.05) is 0 Å². The van der Waals surface area contributed by atoms with Crippen LogP contribution < -0.4 is 4.74 Å².